The van der Waals surface area contributed by atoms with Crippen LogP contribution < -0.4 is 15.8 Å². The number of amides is 1. The van der Waals surface area contributed by atoms with E-state index in [0.29, 0.717) is 32.5 Å². The third-order valence-electron chi connectivity index (χ3n) is 4.24. The van der Waals surface area contributed by atoms with Gasteiger partial charge in [0.25, 0.3) is 5.91 Å². The van der Waals surface area contributed by atoms with Crippen LogP contribution in [-0.2, 0) is 4.74 Å². The van der Waals surface area contributed by atoms with Crippen LogP contribution in [-0.4, -0.2) is 41.2 Å². The molecule has 136 valence electrons. The number of carbonyl (C=O) groups is 1. The van der Waals surface area contributed by atoms with Crippen molar-refractivity contribution in [2.45, 2.75) is 18.8 Å². The number of nitrogens with two attached hydrogens (primary N) is 1. The van der Waals surface area contributed by atoms with Crippen molar-refractivity contribution < 1.29 is 14.3 Å². The van der Waals surface area contributed by atoms with Gasteiger partial charge in [0.05, 0.1) is 18.0 Å². The van der Waals surface area contributed by atoms with Gasteiger partial charge in [-0.2, -0.15) is 0 Å². The molecule has 1 saturated heterocycles. The summed E-state index contributed by atoms with van der Waals surface area (Å²) in [6.45, 7) is 1.49. The fraction of sp³-hybridized carbons (Fsp3) is 0.375. The first-order valence-corrected chi connectivity index (χ1v) is 9.73. The van der Waals surface area contributed by atoms with Gasteiger partial charge in [-0.3, -0.25) is 10.1 Å². The number of hydrogen-bond acceptors (Lipinski definition) is 9. The van der Waals surface area contributed by atoms with Gasteiger partial charge in [0, 0.05) is 19.4 Å². The lowest BCUT2D eigenvalue weighted by Gasteiger charge is -2.22. The maximum atomic E-state index is 12.4. The van der Waals surface area contributed by atoms with E-state index >= 15 is 0 Å². The predicted molar refractivity (Wildman–Crippen MR) is 101 cm³/mol. The first kappa shape index (κ1) is 17.1. The number of rotatable bonds is 4. The highest BCUT2D eigenvalue weighted by Gasteiger charge is 2.23. The second-order valence-electron chi connectivity index (χ2n) is 5.82. The normalized spacial score (nSPS) is 15.3. The number of nitrogens with one attached hydrogen (secondary N) is 1. The highest BCUT2D eigenvalue weighted by Crippen LogP contribution is 2.39. The van der Waals surface area contributed by atoms with Gasteiger partial charge in [-0.05, 0) is 24.3 Å². The SMILES string of the molecule is COc1ncc(C2CCOCC2)c2sc(NC(=O)c3cnc(N)s3)nc12. The molecule has 0 aliphatic carbocycles. The molecule has 0 saturated carbocycles. The summed E-state index contributed by atoms with van der Waals surface area (Å²) < 4.78 is 11.8. The Balaban J connectivity index is 1.69. The minimum absolute atomic E-state index is 0.280. The second-order valence-corrected chi connectivity index (χ2v) is 7.88. The van der Waals surface area contributed by atoms with E-state index in [1.54, 1.807) is 7.11 Å². The van der Waals surface area contributed by atoms with E-state index in [2.05, 4.69) is 20.3 Å². The van der Waals surface area contributed by atoms with Crippen molar-refractivity contribution in [2.24, 2.45) is 0 Å². The minimum Gasteiger partial charge on any atom is -0.479 e. The quantitative estimate of drug-likeness (QED) is 0.703. The van der Waals surface area contributed by atoms with Crippen molar-refractivity contribution in [3.05, 3.63) is 22.8 Å². The summed E-state index contributed by atoms with van der Waals surface area (Å²) in [7, 11) is 1.56. The van der Waals surface area contributed by atoms with Crippen LogP contribution in [0.15, 0.2) is 12.4 Å². The number of ether oxygens (including phenoxy) is 2. The number of aromatic nitrogens is 3. The summed E-state index contributed by atoms with van der Waals surface area (Å²) in [6.07, 6.45) is 5.20. The third kappa shape index (κ3) is 3.22. The first-order chi connectivity index (χ1) is 12.7. The summed E-state index contributed by atoms with van der Waals surface area (Å²) in [5.41, 5.74) is 7.39. The van der Waals surface area contributed by atoms with E-state index in [1.165, 1.54) is 17.5 Å². The summed E-state index contributed by atoms with van der Waals surface area (Å²) >= 11 is 2.56. The largest absolute Gasteiger partial charge is 0.479 e. The number of nitrogen functional groups attached to an aromatic ring is 1. The molecule has 0 unspecified atom stereocenters. The molecule has 1 aliphatic rings. The molecule has 0 aromatic carbocycles. The average molecular weight is 391 g/mol. The summed E-state index contributed by atoms with van der Waals surface area (Å²) in [4.78, 5) is 25.6. The van der Waals surface area contributed by atoms with Gasteiger partial charge in [-0.1, -0.05) is 22.7 Å². The van der Waals surface area contributed by atoms with Crippen molar-refractivity contribution in [3.63, 3.8) is 0 Å². The van der Waals surface area contributed by atoms with Crippen molar-refractivity contribution in [2.75, 3.05) is 31.4 Å². The van der Waals surface area contributed by atoms with E-state index in [9.17, 15) is 4.79 Å². The summed E-state index contributed by atoms with van der Waals surface area (Å²) in [5, 5.41) is 3.67. The van der Waals surface area contributed by atoms with E-state index in [4.69, 9.17) is 15.2 Å². The number of methoxy groups -OCH3 is 1. The average Bonchev–Trinajstić information content (AvgIpc) is 3.27. The fourth-order valence-electron chi connectivity index (χ4n) is 2.96. The van der Waals surface area contributed by atoms with Crippen LogP contribution >= 0.6 is 22.7 Å². The molecule has 4 rings (SSSR count). The Kier molecular flexibility index (Phi) is 4.70. The zero-order valence-electron chi connectivity index (χ0n) is 14.0. The van der Waals surface area contributed by atoms with Crippen LogP contribution in [0.4, 0.5) is 10.3 Å². The van der Waals surface area contributed by atoms with Crippen molar-refractivity contribution in [1.82, 2.24) is 15.0 Å². The number of anilines is 2. The number of thiazole rings is 2. The van der Waals surface area contributed by atoms with Gasteiger partial charge in [-0.15, -0.1) is 0 Å². The lowest BCUT2D eigenvalue weighted by Crippen LogP contribution is -2.14. The summed E-state index contributed by atoms with van der Waals surface area (Å²) in [5.74, 6) is 0.544. The molecule has 1 fully saturated rings. The summed E-state index contributed by atoms with van der Waals surface area (Å²) in [6, 6.07) is 0. The molecule has 0 spiro atoms. The van der Waals surface area contributed by atoms with Gasteiger partial charge in [0.2, 0.25) is 5.88 Å². The number of fused-ring (bicyclic) bond motifs is 1. The highest BCUT2D eigenvalue weighted by atomic mass is 32.1. The maximum absolute atomic E-state index is 12.4. The molecule has 3 aromatic rings. The standard InChI is InChI=1S/C16H17N5O3S2/c1-23-14-11-12(9(6-18-14)8-2-4-24-5-3-8)26-16(20-11)21-13(22)10-7-19-15(17)25-10/h6-8H,2-5H2,1H3,(H2,17,19)(H,20,21,22). The Morgan fingerprint density at radius 2 is 2.12 bits per heavy atom. The molecule has 0 atom stereocenters. The number of carbonyl (C=O) groups excluding carboxylic acids is 1. The molecular weight excluding hydrogens is 374 g/mol. The van der Waals surface area contributed by atoms with Gasteiger partial charge < -0.3 is 15.2 Å². The number of hydrogen-bond donors (Lipinski definition) is 2. The van der Waals surface area contributed by atoms with Gasteiger partial charge in [-0.25, -0.2) is 15.0 Å². The first-order valence-electron chi connectivity index (χ1n) is 8.09. The van der Waals surface area contributed by atoms with Crippen LogP contribution in [0.2, 0.25) is 0 Å². The van der Waals surface area contributed by atoms with E-state index < -0.39 is 0 Å². The lowest BCUT2D eigenvalue weighted by molar-refractivity contribution is 0.0855. The van der Waals surface area contributed by atoms with Gasteiger partial charge >= 0.3 is 0 Å². The highest BCUT2D eigenvalue weighted by molar-refractivity contribution is 7.22. The third-order valence-corrected chi connectivity index (χ3v) is 6.08. The number of pyridine rings is 1. The minimum atomic E-state index is -0.280. The molecule has 26 heavy (non-hydrogen) atoms. The predicted octanol–water partition coefficient (Wildman–Crippen LogP) is 2.88. The van der Waals surface area contributed by atoms with E-state index in [0.717, 1.165) is 47.7 Å². The molecular formula is C16H17N5O3S2. The smallest absolute Gasteiger partial charge is 0.269 e. The van der Waals surface area contributed by atoms with Gasteiger partial charge in [0.15, 0.2) is 10.3 Å². The second kappa shape index (κ2) is 7.14. The van der Waals surface area contributed by atoms with Crippen LogP contribution in [0, 0.1) is 0 Å². The molecule has 0 radical (unpaired) electrons. The zero-order valence-corrected chi connectivity index (χ0v) is 15.7. The van der Waals surface area contributed by atoms with Crippen LogP contribution in [0.3, 0.4) is 0 Å². The number of nitrogens with zero attached hydrogens (tertiary/aromatic N) is 3. The van der Waals surface area contributed by atoms with Crippen LogP contribution in [0.25, 0.3) is 10.2 Å². The molecule has 3 N–H and O–H groups in total. The molecule has 1 amide bonds. The topological polar surface area (TPSA) is 112 Å². The van der Waals surface area contributed by atoms with E-state index in [-0.39, 0.29) is 5.91 Å². The maximum Gasteiger partial charge on any atom is 0.269 e. The van der Waals surface area contributed by atoms with Crippen molar-refractivity contribution in [3.8, 4) is 5.88 Å². The Hall–Kier alpha value is -2.30. The lowest BCUT2D eigenvalue weighted by atomic mass is 9.93. The molecule has 3 aromatic heterocycles. The van der Waals surface area contributed by atoms with Crippen LogP contribution in [0.5, 0.6) is 5.88 Å². The van der Waals surface area contributed by atoms with E-state index in [1.807, 2.05) is 6.20 Å². The molecule has 1 aliphatic heterocycles. The Bertz CT molecular complexity index is 949. The fourth-order valence-corrected chi connectivity index (χ4v) is 4.58. The molecule has 0 bridgehead atoms. The molecule has 10 heteroatoms. The molecule has 4 heterocycles. The van der Waals surface area contributed by atoms with Crippen molar-refractivity contribution in [1.29, 1.82) is 0 Å². The van der Waals surface area contributed by atoms with Crippen LogP contribution in [0.1, 0.15) is 34.0 Å². The Labute approximate surface area is 157 Å². The Morgan fingerprint density at radius 1 is 1.31 bits per heavy atom. The molecule has 8 nitrogen and oxygen atoms in total. The van der Waals surface area contributed by atoms with Crippen molar-refractivity contribution >= 4 is 49.1 Å². The van der Waals surface area contributed by atoms with Gasteiger partial charge in [0.1, 0.15) is 10.4 Å². The Morgan fingerprint density at radius 3 is 2.81 bits per heavy atom. The monoisotopic (exact) mass is 391 g/mol. The zero-order chi connectivity index (χ0) is 18.1.